The van der Waals surface area contributed by atoms with Crippen LogP contribution in [0.3, 0.4) is 0 Å². The molecule has 0 aliphatic carbocycles. The maximum Gasteiger partial charge on any atom is 0.261 e. The number of nitrogens with two attached hydrogens (primary N) is 1. The number of hydrogen-bond acceptors (Lipinski definition) is 5. The van der Waals surface area contributed by atoms with E-state index >= 15 is 0 Å². The van der Waals surface area contributed by atoms with Gasteiger partial charge in [0.15, 0.2) is 0 Å². The number of piperidine rings is 1. The molecule has 120 valence electrons. The van der Waals surface area contributed by atoms with E-state index in [1.165, 1.54) is 11.3 Å². The molecule has 1 aliphatic heterocycles. The molecule has 2 rings (SSSR count). The largest absolute Gasteiger partial charge is 0.369 e. The Bertz CT molecular complexity index is 524. The van der Waals surface area contributed by atoms with Crippen LogP contribution >= 0.6 is 11.3 Å². The molecule has 0 saturated carbocycles. The Morgan fingerprint density at radius 1 is 1.32 bits per heavy atom. The van der Waals surface area contributed by atoms with E-state index in [4.69, 9.17) is 5.73 Å². The van der Waals surface area contributed by atoms with Crippen molar-refractivity contribution in [2.75, 3.05) is 26.2 Å². The molecule has 22 heavy (non-hydrogen) atoms. The maximum atomic E-state index is 11.8. The van der Waals surface area contributed by atoms with E-state index in [2.05, 4.69) is 10.6 Å². The van der Waals surface area contributed by atoms with Gasteiger partial charge in [-0.15, -0.1) is 11.3 Å². The molecule has 1 aliphatic rings. The third-order valence-electron chi connectivity index (χ3n) is 3.49. The summed E-state index contributed by atoms with van der Waals surface area (Å²) in [4.78, 5) is 37.0. The second kappa shape index (κ2) is 7.90. The highest BCUT2D eigenvalue weighted by Crippen LogP contribution is 2.10. The van der Waals surface area contributed by atoms with E-state index in [1.54, 1.807) is 12.1 Å². The van der Waals surface area contributed by atoms with Gasteiger partial charge in [0.05, 0.1) is 18.0 Å². The molecule has 0 aromatic carbocycles. The van der Waals surface area contributed by atoms with Crippen LogP contribution in [0.25, 0.3) is 0 Å². The van der Waals surface area contributed by atoms with Crippen LogP contribution in [0.5, 0.6) is 0 Å². The number of amides is 3. The van der Waals surface area contributed by atoms with Crippen LogP contribution in [0, 0.1) is 0 Å². The van der Waals surface area contributed by atoms with Crippen LogP contribution in [-0.2, 0) is 9.59 Å². The number of carbonyl (C=O) groups excluding carboxylic acids is 3. The lowest BCUT2D eigenvalue weighted by Gasteiger charge is -2.31. The van der Waals surface area contributed by atoms with Crippen LogP contribution < -0.4 is 16.4 Å². The summed E-state index contributed by atoms with van der Waals surface area (Å²) < 4.78 is 0. The Hall–Kier alpha value is -1.93. The summed E-state index contributed by atoms with van der Waals surface area (Å²) in [5, 5.41) is 7.31. The van der Waals surface area contributed by atoms with Gasteiger partial charge in [-0.1, -0.05) is 6.07 Å². The van der Waals surface area contributed by atoms with Crippen molar-refractivity contribution < 1.29 is 14.4 Å². The van der Waals surface area contributed by atoms with E-state index in [1.807, 2.05) is 10.3 Å². The molecule has 1 aromatic heterocycles. The lowest BCUT2D eigenvalue weighted by molar-refractivity contribution is -0.122. The van der Waals surface area contributed by atoms with Crippen LogP contribution in [0.15, 0.2) is 17.5 Å². The van der Waals surface area contributed by atoms with Crippen molar-refractivity contribution in [1.82, 2.24) is 15.5 Å². The number of primary amides is 1. The number of nitrogens with one attached hydrogen (secondary N) is 2. The van der Waals surface area contributed by atoms with Gasteiger partial charge in [0, 0.05) is 19.1 Å². The Balaban J connectivity index is 1.66. The van der Waals surface area contributed by atoms with Crippen molar-refractivity contribution >= 4 is 29.1 Å². The quantitative estimate of drug-likeness (QED) is 0.659. The van der Waals surface area contributed by atoms with Gasteiger partial charge in [0.1, 0.15) is 0 Å². The number of hydrogen-bond donors (Lipinski definition) is 3. The van der Waals surface area contributed by atoms with Gasteiger partial charge in [0.2, 0.25) is 11.8 Å². The van der Waals surface area contributed by atoms with Crippen LogP contribution in [-0.4, -0.2) is 54.8 Å². The Morgan fingerprint density at radius 2 is 2.05 bits per heavy atom. The molecule has 2 heterocycles. The summed E-state index contributed by atoms with van der Waals surface area (Å²) in [6.45, 7) is 1.70. The third kappa shape index (κ3) is 5.12. The first kappa shape index (κ1) is 16.4. The summed E-state index contributed by atoms with van der Waals surface area (Å²) in [7, 11) is 0. The van der Waals surface area contributed by atoms with Crippen molar-refractivity contribution in [1.29, 1.82) is 0 Å². The predicted octanol–water partition coefficient (Wildman–Crippen LogP) is -0.456. The molecule has 4 N–H and O–H groups in total. The number of rotatable bonds is 6. The average molecular weight is 324 g/mol. The Kier molecular flexibility index (Phi) is 5.91. The number of nitrogens with zero attached hydrogens (tertiary/aromatic N) is 1. The highest BCUT2D eigenvalue weighted by atomic mass is 32.1. The van der Waals surface area contributed by atoms with E-state index in [0.717, 1.165) is 25.9 Å². The topological polar surface area (TPSA) is 105 Å². The fraction of sp³-hybridized carbons (Fsp3) is 0.500. The van der Waals surface area contributed by atoms with Crippen LogP contribution in [0.2, 0.25) is 0 Å². The van der Waals surface area contributed by atoms with Crippen molar-refractivity contribution in [3.63, 3.8) is 0 Å². The first-order chi connectivity index (χ1) is 10.5. The third-order valence-corrected chi connectivity index (χ3v) is 4.36. The number of thiophene rings is 1. The lowest BCUT2D eigenvalue weighted by atomic mass is 10.1. The lowest BCUT2D eigenvalue weighted by Crippen LogP contribution is -2.48. The molecule has 1 fully saturated rings. The molecule has 0 spiro atoms. The molecule has 0 radical (unpaired) electrons. The van der Waals surface area contributed by atoms with Crippen LogP contribution in [0.4, 0.5) is 0 Å². The maximum absolute atomic E-state index is 11.8. The zero-order valence-corrected chi connectivity index (χ0v) is 13.0. The van der Waals surface area contributed by atoms with Crippen molar-refractivity contribution in [3.8, 4) is 0 Å². The molecule has 7 nitrogen and oxygen atoms in total. The normalized spacial score (nSPS) is 16.2. The minimum atomic E-state index is -0.334. The summed E-state index contributed by atoms with van der Waals surface area (Å²) >= 11 is 1.34. The average Bonchev–Trinajstić information content (AvgIpc) is 3.00. The molecular weight excluding hydrogens is 304 g/mol. The van der Waals surface area contributed by atoms with Crippen molar-refractivity contribution in [3.05, 3.63) is 22.4 Å². The summed E-state index contributed by atoms with van der Waals surface area (Å²) in [6.07, 6.45) is 1.55. The van der Waals surface area contributed by atoms with Gasteiger partial charge in [-0.05, 0) is 24.3 Å². The second-order valence-corrected chi connectivity index (χ2v) is 6.19. The summed E-state index contributed by atoms with van der Waals surface area (Å²) in [5.74, 6) is -0.765. The molecule has 1 saturated heterocycles. The van der Waals surface area contributed by atoms with Gasteiger partial charge in [-0.2, -0.15) is 0 Å². The predicted molar refractivity (Wildman–Crippen MR) is 83.5 cm³/mol. The molecule has 3 amide bonds. The smallest absolute Gasteiger partial charge is 0.261 e. The van der Waals surface area contributed by atoms with E-state index in [0.29, 0.717) is 4.88 Å². The minimum Gasteiger partial charge on any atom is -0.369 e. The second-order valence-electron chi connectivity index (χ2n) is 5.24. The summed E-state index contributed by atoms with van der Waals surface area (Å²) in [6, 6.07) is 3.58. The number of likely N-dealkylation sites (tertiary alicyclic amines) is 1. The monoisotopic (exact) mass is 324 g/mol. The molecule has 1 aromatic rings. The van der Waals surface area contributed by atoms with Gasteiger partial charge in [0.25, 0.3) is 5.91 Å². The highest BCUT2D eigenvalue weighted by Gasteiger charge is 2.21. The first-order valence-corrected chi connectivity index (χ1v) is 8.04. The Labute approximate surface area is 132 Å². The molecule has 0 atom stereocenters. The zero-order chi connectivity index (χ0) is 15.9. The van der Waals surface area contributed by atoms with E-state index < -0.39 is 0 Å². The zero-order valence-electron chi connectivity index (χ0n) is 12.2. The minimum absolute atomic E-state index is 0.0295. The SMILES string of the molecule is NC(=O)CN1CCC(NC(=O)CNC(=O)c2cccs2)CC1. The molecule has 8 heteroatoms. The van der Waals surface area contributed by atoms with Gasteiger partial charge in [-0.3, -0.25) is 19.3 Å². The van der Waals surface area contributed by atoms with Gasteiger partial charge >= 0.3 is 0 Å². The van der Waals surface area contributed by atoms with Crippen LogP contribution in [0.1, 0.15) is 22.5 Å². The molecule has 0 unspecified atom stereocenters. The fourth-order valence-corrected chi connectivity index (χ4v) is 3.03. The van der Waals surface area contributed by atoms with E-state index in [9.17, 15) is 14.4 Å². The highest BCUT2D eigenvalue weighted by molar-refractivity contribution is 7.12. The van der Waals surface area contributed by atoms with Gasteiger partial charge < -0.3 is 16.4 Å². The van der Waals surface area contributed by atoms with Crippen molar-refractivity contribution in [2.24, 2.45) is 5.73 Å². The van der Waals surface area contributed by atoms with E-state index in [-0.39, 0.29) is 36.9 Å². The first-order valence-electron chi connectivity index (χ1n) is 7.16. The fourth-order valence-electron chi connectivity index (χ4n) is 2.39. The molecular formula is C14H20N4O3S. The number of carbonyl (C=O) groups is 3. The Morgan fingerprint density at radius 3 is 2.64 bits per heavy atom. The standard InChI is InChI=1S/C14H20N4O3S/c15-12(19)9-18-5-3-10(4-6-18)17-13(20)8-16-14(21)11-2-1-7-22-11/h1-2,7,10H,3-6,8-9H2,(H2,15,19)(H,16,21)(H,17,20). The van der Waals surface area contributed by atoms with Crippen molar-refractivity contribution in [2.45, 2.75) is 18.9 Å². The summed E-state index contributed by atoms with van der Waals surface area (Å²) in [5.41, 5.74) is 5.16. The molecule has 0 bridgehead atoms. The van der Waals surface area contributed by atoms with Gasteiger partial charge in [-0.25, -0.2) is 0 Å².